The highest BCUT2D eigenvalue weighted by Crippen LogP contribution is 2.36. The van der Waals surface area contributed by atoms with Crippen LogP contribution in [-0.4, -0.2) is 48.8 Å². The van der Waals surface area contributed by atoms with Crippen LogP contribution < -0.4 is 9.47 Å². The molecule has 2 aromatic carbocycles. The number of rotatable bonds is 8. The fourth-order valence-corrected chi connectivity index (χ4v) is 4.38. The van der Waals surface area contributed by atoms with Crippen LogP contribution in [0.25, 0.3) is 6.08 Å². The van der Waals surface area contributed by atoms with Gasteiger partial charge in [-0.2, -0.15) is 0 Å². The van der Waals surface area contributed by atoms with E-state index < -0.39 is 5.97 Å². The minimum atomic E-state index is -0.450. The summed E-state index contributed by atoms with van der Waals surface area (Å²) in [6, 6.07) is 11.3. The van der Waals surface area contributed by atoms with E-state index in [4.69, 9.17) is 19.2 Å². The van der Waals surface area contributed by atoms with Gasteiger partial charge in [-0.1, -0.05) is 24.3 Å². The van der Waals surface area contributed by atoms with Crippen LogP contribution in [0.2, 0.25) is 0 Å². The van der Waals surface area contributed by atoms with Gasteiger partial charge in [-0.05, 0) is 74.4 Å². The van der Waals surface area contributed by atoms with Gasteiger partial charge in [0.1, 0.15) is 0 Å². The zero-order valence-electron chi connectivity index (χ0n) is 19.5. The number of carbonyl (C=O) groups is 2. The Hall–Kier alpha value is -3.26. The lowest BCUT2D eigenvalue weighted by atomic mass is 10.1. The number of esters is 1. The number of aryl methyl sites for hydroxylation is 2. The fraction of sp³-hybridized carbons (Fsp3) is 0.320. The van der Waals surface area contributed by atoms with Crippen molar-refractivity contribution >= 4 is 40.6 Å². The normalized spacial score (nSPS) is 15.9. The van der Waals surface area contributed by atoms with Crippen LogP contribution in [0.3, 0.4) is 0 Å². The predicted octanol–water partition coefficient (Wildman–Crippen LogP) is 4.88. The number of nitrogens with zero attached hydrogens (tertiary/aromatic N) is 2. The molecule has 2 aromatic rings. The fourth-order valence-electron chi connectivity index (χ4n) is 3.33. The van der Waals surface area contributed by atoms with E-state index in [0.29, 0.717) is 34.7 Å². The number of hydrogen-bond acceptors (Lipinski definition) is 7. The molecule has 33 heavy (non-hydrogen) atoms. The SMILES string of the molecule is CCOC(=O)COc1ccc(/C=C2/SC(=Nc3c(C)cccc3C)N(CC)C2=O)cc1OC. The van der Waals surface area contributed by atoms with Gasteiger partial charge in [0.25, 0.3) is 5.91 Å². The molecule has 8 heteroatoms. The van der Waals surface area contributed by atoms with Crippen LogP contribution in [0.1, 0.15) is 30.5 Å². The van der Waals surface area contributed by atoms with E-state index in [1.54, 1.807) is 36.1 Å². The van der Waals surface area contributed by atoms with Gasteiger partial charge in [-0.15, -0.1) is 0 Å². The molecule has 0 bridgehead atoms. The Labute approximate surface area is 198 Å². The first kappa shape index (κ1) is 24.4. The first-order valence-electron chi connectivity index (χ1n) is 10.7. The van der Waals surface area contributed by atoms with E-state index in [1.807, 2.05) is 39.0 Å². The summed E-state index contributed by atoms with van der Waals surface area (Å²) >= 11 is 1.35. The number of ether oxygens (including phenoxy) is 3. The molecule has 3 rings (SSSR count). The number of likely N-dealkylation sites (N-methyl/N-ethyl adjacent to an activating group) is 1. The summed E-state index contributed by atoms with van der Waals surface area (Å²) in [5, 5.41) is 0.660. The molecule has 1 heterocycles. The molecule has 1 amide bonds. The molecule has 7 nitrogen and oxygen atoms in total. The van der Waals surface area contributed by atoms with Gasteiger partial charge in [0, 0.05) is 6.54 Å². The molecule has 0 unspecified atom stereocenters. The van der Waals surface area contributed by atoms with Crippen molar-refractivity contribution in [2.75, 3.05) is 26.9 Å². The summed E-state index contributed by atoms with van der Waals surface area (Å²) in [4.78, 5) is 31.6. The lowest BCUT2D eigenvalue weighted by molar-refractivity contribution is -0.145. The molecule has 1 fully saturated rings. The highest BCUT2D eigenvalue weighted by atomic mass is 32.2. The predicted molar refractivity (Wildman–Crippen MR) is 131 cm³/mol. The van der Waals surface area contributed by atoms with Gasteiger partial charge in [0.05, 0.1) is 24.3 Å². The van der Waals surface area contributed by atoms with Crippen molar-refractivity contribution in [3.05, 3.63) is 58.0 Å². The molecule has 0 aliphatic carbocycles. The second-order valence-corrected chi connectivity index (χ2v) is 8.31. The second kappa shape index (κ2) is 11.0. The number of carbonyl (C=O) groups excluding carboxylic acids is 2. The molecule has 0 aromatic heterocycles. The minimum Gasteiger partial charge on any atom is -0.493 e. The summed E-state index contributed by atoms with van der Waals surface area (Å²) in [6.07, 6.45) is 1.81. The Kier molecular flexibility index (Phi) is 8.16. The molecular weight excluding hydrogens is 440 g/mol. The summed E-state index contributed by atoms with van der Waals surface area (Å²) in [5.74, 6) is 0.342. The summed E-state index contributed by atoms with van der Waals surface area (Å²) in [6.45, 7) is 8.30. The van der Waals surface area contributed by atoms with E-state index >= 15 is 0 Å². The number of amidine groups is 1. The monoisotopic (exact) mass is 468 g/mol. The quantitative estimate of drug-likeness (QED) is 0.406. The number of amides is 1. The van der Waals surface area contributed by atoms with E-state index in [2.05, 4.69) is 0 Å². The number of aliphatic imine (C=N–C) groups is 1. The number of para-hydroxylation sites is 1. The van der Waals surface area contributed by atoms with Gasteiger partial charge in [0.2, 0.25) is 0 Å². The summed E-state index contributed by atoms with van der Waals surface area (Å²) in [7, 11) is 1.52. The van der Waals surface area contributed by atoms with E-state index in [1.165, 1.54) is 18.9 Å². The van der Waals surface area contributed by atoms with Crippen molar-refractivity contribution in [2.45, 2.75) is 27.7 Å². The number of hydrogen-bond donors (Lipinski definition) is 0. The number of benzene rings is 2. The summed E-state index contributed by atoms with van der Waals surface area (Å²) in [5.41, 5.74) is 3.78. The van der Waals surface area contributed by atoms with Crippen LogP contribution in [0.4, 0.5) is 5.69 Å². The molecule has 0 N–H and O–H groups in total. The average Bonchev–Trinajstić information content (AvgIpc) is 3.09. The molecule has 0 radical (unpaired) electrons. The molecule has 1 aliphatic rings. The van der Waals surface area contributed by atoms with Crippen molar-refractivity contribution in [1.29, 1.82) is 0 Å². The maximum absolute atomic E-state index is 13.0. The third-order valence-corrected chi connectivity index (χ3v) is 5.99. The van der Waals surface area contributed by atoms with Crippen molar-refractivity contribution in [1.82, 2.24) is 4.90 Å². The standard InChI is InChI=1S/C25H28N2O5S/c1-6-27-24(29)21(33-25(27)26-23-16(3)9-8-10-17(23)4)14-18-11-12-19(20(13-18)30-5)32-15-22(28)31-7-2/h8-14H,6-7,15H2,1-5H3/b21-14+,26-25?. The Balaban J connectivity index is 1.86. The summed E-state index contributed by atoms with van der Waals surface area (Å²) < 4.78 is 15.8. The Morgan fingerprint density at radius 1 is 1.12 bits per heavy atom. The van der Waals surface area contributed by atoms with Crippen LogP contribution in [0.5, 0.6) is 11.5 Å². The van der Waals surface area contributed by atoms with Crippen LogP contribution in [-0.2, 0) is 14.3 Å². The van der Waals surface area contributed by atoms with Gasteiger partial charge in [-0.3, -0.25) is 9.69 Å². The Morgan fingerprint density at radius 2 is 1.85 bits per heavy atom. The maximum Gasteiger partial charge on any atom is 0.344 e. The van der Waals surface area contributed by atoms with Crippen molar-refractivity contribution in [3.63, 3.8) is 0 Å². The molecule has 0 spiro atoms. The maximum atomic E-state index is 13.0. The van der Waals surface area contributed by atoms with Gasteiger partial charge in [0.15, 0.2) is 23.3 Å². The lowest BCUT2D eigenvalue weighted by Crippen LogP contribution is -2.28. The highest BCUT2D eigenvalue weighted by molar-refractivity contribution is 8.18. The minimum absolute atomic E-state index is 0.0888. The van der Waals surface area contributed by atoms with Crippen LogP contribution >= 0.6 is 11.8 Å². The zero-order valence-corrected chi connectivity index (χ0v) is 20.3. The molecular formula is C25H28N2O5S. The van der Waals surface area contributed by atoms with Crippen LogP contribution in [0.15, 0.2) is 46.3 Å². The van der Waals surface area contributed by atoms with Crippen LogP contribution in [0, 0.1) is 13.8 Å². The molecule has 0 saturated carbocycles. The first-order chi connectivity index (χ1) is 15.9. The molecule has 1 saturated heterocycles. The van der Waals surface area contributed by atoms with Crippen molar-refractivity contribution in [2.24, 2.45) is 4.99 Å². The molecule has 174 valence electrons. The first-order valence-corrected chi connectivity index (χ1v) is 11.5. The van der Waals surface area contributed by atoms with Gasteiger partial charge in [-0.25, -0.2) is 9.79 Å². The zero-order chi connectivity index (χ0) is 24.0. The van der Waals surface area contributed by atoms with Crippen molar-refractivity contribution in [3.8, 4) is 11.5 Å². The molecule has 1 aliphatic heterocycles. The van der Waals surface area contributed by atoms with E-state index in [9.17, 15) is 9.59 Å². The smallest absolute Gasteiger partial charge is 0.344 e. The Bertz CT molecular complexity index is 1090. The topological polar surface area (TPSA) is 77.4 Å². The number of thioether (sulfide) groups is 1. The third kappa shape index (κ3) is 5.76. The molecule has 0 atom stereocenters. The largest absolute Gasteiger partial charge is 0.493 e. The average molecular weight is 469 g/mol. The van der Waals surface area contributed by atoms with Gasteiger partial charge < -0.3 is 14.2 Å². The Morgan fingerprint density at radius 3 is 2.48 bits per heavy atom. The number of methoxy groups -OCH3 is 1. The highest BCUT2D eigenvalue weighted by Gasteiger charge is 2.32. The second-order valence-electron chi connectivity index (χ2n) is 7.30. The van der Waals surface area contributed by atoms with Crippen molar-refractivity contribution < 1.29 is 23.8 Å². The third-order valence-electron chi connectivity index (χ3n) is 4.99. The van der Waals surface area contributed by atoms with E-state index in [-0.39, 0.29) is 12.5 Å². The lowest BCUT2D eigenvalue weighted by Gasteiger charge is -2.13. The van der Waals surface area contributed by atoms with E-state index in [0.717, 1.165) is 22.4 Å². The van der Waals surface area contributed by atoms with Gasteiger partial charge >= 0.3 is 5.97 Å².